The number of nitrogens with one attached hydrogen (secondary N) is 1. The summed E-state index contributed by atoms with van der Waals surface area (Å²) in [4.78, 5) is 22.3. The van der Waals surface area contributed by atoms with E-state index in [1.807, 2.05) is 12.1 Å². The Morgan fingerprint density at radius 1 is 1.21 bits per heavy atom. The largest absolute Gasteiger partial charge is 0.346 e. The molecule has 1 saturated heterocycles. The lowest BCUT2D eigenvalue weighted by atomic mass is 10.0. The molecule has 1 N–H and O–H groups in total. The number of benzene rings is 1. The number of aryl methyl sites for hydroxylation is 1. The van der Waals surface area contributed by atoms with Crippen LogP contribution < -0.4 is 5.32 Å². The number of hydrogen-bond acceptors (Lipinski definition) is 6. The quantitative estimate of drug-likeness (QED) is 0.471. The van der Waals surface area contributed by atoms with Crippen molar-refractivity contribution in [1.82, 2.24) is 25.1 Å². The molecule has 0 saturated carbocycles. The van der Waals surface area contributed by atoms with Crippen LogP contribution in [0.3, 0.4) is 0 Å². The van der Waals surface area contributed by atoms with Crippen LogP contribution in [0.1, 0.15) is 34.2 Å². The smallest absolute Gasteiger partial charge is 0.252 e. The van der Waals surface area contributed by atoms with Crippen molar-refractivity contribution in [3.63, 3.8) is 0 Å². The molecule has 10 heteroatoms. The Bertz CT molecular complexity index is 1480. The van der Waals surface area contributed by atoms with E-state index < -0.39 is 9.84 Å². The first-order valence-electron chi connectivity index (χ1n) is 10.8. The van der Waals surface area contributed by atoms with Crippen LogP contribution in [0, 0.1) is 12.7 Å². The van der Waals surface area contributed by atoms with Gasteiger partial charge in [-0.1, -0.05) is 6.07 Å². The number of halogens is 1. The summed E-state index contributed by atoms with van der Waals surface area (Å²) < 4.78 is 39.3. The maximum absolute atomic E-state index is 13.5. The molecule has 3 aromatic heterocycles. The predicted molar refractivity (Wildman–Crippen MR) is 125 cm³/mol. The molecule has 0 bridgehead atoms. The molecule has 5 rings (SSSR count). The highest BCUT2D eigenvalue weighted by atomic mass is 32.2. The van der Waals surface area contributed by atoms with Crippen molar-refractivity contribution in [1.29, 1.82) is 0 Å². The van der Waals surface area contributed by atoms with Crippen LogP contribution in [0.25, 0.3) is 22.3 Å². The van der Waals surface area contributed by atoms with E-state index >= 15 is 0 Å². The Hall–Kier alpha value is -3.66. The van der Waals surface area contributed by atoms with E-state index in [0.717, 1.165) is 0 Å². The number of nitrogens with zero attached hydrogens (tertiary/aromatic N) is 4. The van der Waals surface area contributed by atoms with E-state index in [1.165, 1.54) is 12.1 Å². The van der Waals surface area contributed by atoms with Crippen LogP contribution in [0.15, 0.2) is 54.7 Å². The molecule has 34 heavy (non-hydrogen) atoms. The second kappa shape index (κ2) is 8.60. The van der Waals surface area contributed by atoms with Gasteiger partial charge in [0, 0.05) is 11.8 Å². The van der Waals surface area contributed by atoms with Crippen LogP contribution in [-0.4, -0.2) is 45.6 Å². The maximum atomic E-state index is 13.5. The molecule has 0 spiro atoms. The van der Waals surface area contributed by atoms with Gasteiger partial charge in [-0.3, -0.25) is 9.78 Å². The summed E-state index contributed by atoms with van der Waals surface area (Å²) >= 11 is 0. The molecular formula is C24H22FN5O3S. The van der Waals surface area contributed by atoms with Crippen LogP contribution in [0.4, 0.5) is 4.39 Å². The van der Waals surface area contributed by atoms with E-state index in [4.69, 9.17) is 4.98 Å². The Morgan fingerprint density at radius 2 is 2.00 bits per heavy atom. The number of carbonyl (C=O) groups excluding carboxylic acids is 1. The predicted octanol–water partition coefficient (Wildman–Crippen LogP) is 3.23. The van der Waals surface area contributed by atoms with Gasteiger partial charge in [0.25, 0.3) is 5.91 Å². The van der Waals surface area contributed by atoms with Gasteiger partial charge in [0.15, 0.2) is 15.5 Å². The van der Waals surface area contributed by atoms with Gasteiger partial charge in [-0.25, -0.2) is 22.5 Å². The van der Waals surface area contributed by atoms with Gasteiger partial charge in [0.1, 0.15) is 5.82 Å². The topological polar surface area (TPSA) is 107 Å². The number of rotatable bonds is 5. The van der Waals surface area contributed by atoms with Crippen LogP contribution in [-0.2, 0) is 16.4 Å². The summed E-state index contributed by atoms with van der Waals surface area (Å²) in [5.41, 5.74) is 3.20. The molecule has 8 nitrogen and oxygen atoms in total. The highest BCUT2D eigenvalue weighted by Gasteiger charge is 2.32. The first-order valence-corrected chi connectivity index (χ1v) is 12.7. The Morgan fingerprint density at radius 3 is 2.68 bits per heavy atom. The number of carbonyl (C=O) groups is 1. The zero-order chi connectivity index (χ0) is 23.9. The number of amides is 1. The first-order chi connectivity index (χ1) is 16.3. The van der Waals surface area contributed by atoms with Crippen molar-refractivity contribution in [2.75, 3.05) is 11.5 Å². The minimum Gasteiger partial charge on any atom is -0.346 e. The molecule has 1 aliphatic heterocycles. The van der Waals surface area contributed by atoms with Gasteiger partial charge in [-0.15, -0.1) is 0 Å². The van der Waals surface area contributed by atoms with Crippen molar-refractivity contribution >= 4 is 26.8 Å². The molecule has 174 valence electrons. The molecule has 0 aliphatic carbocycles. The van der Waals surface area contributed by atoms with Gasteiger partial charge in [-0.2, -0.15) is 5.10 Å². The molecule has 1 atom stereocenters. The summed E-state index contributed by atoms with van der Waals surface area (Å²) in [6.07, 6.45) is 2.09. The highest BCUT2D eigenvalue weighted by Crippen LogP contribution is 2.32. The third-order valence-electron chi connectivity index (χ3n) is 5.93. The van der Waals surface area contributed by atoms with Gasteiger partial charge in [-0.05, 0) is 55.8 Å². The number of fused-ring (bicyclic) bond motifs is 1. The van der Waals surface area contributed by atoms with Crippen LogP contribution in [0.5, 0.6) is 0 Å². The van der Waals surface area contributed by atoms with E-state index in [0.29, 0.717) is 45.7 Å². The molecular weight excluding hydrogens is 457 g/mol. The lowest BCUT2D eigenvalue weighted by molar-refractivity contribution is 0.0952. The van der Waals surface area contributed by atoms with Crippen molar-refractivity contribution in [3.8, 4) is 11.3 Å². The molecule has 1 aromatic carbocycles. The minimum atomic E-state index is -3.15. The lowest BCUT2D eigenvalue weighted by Gasteiger charge is -2.12. The minimum absolute atomic E-state index is 0.0210. The monoisotopic (exact) mass is 479 g/mol. The van der Waals surface area contributed by atoms with Crippen molar-refractivity contribution in [2.45, 2.75) is 25.9 Å². The molecule has 0 radical (unpaired) electrons. The second-order valence-corrected chi connectivity index (χ2v) is 10.6. The maximum Gasteiger partial charge on any atom is 0.252 e. The molecule has 1 fully saturated rings. The summed E-state index contributed by atoms with van der Waals surface area (Å²) in [5, 5.41) is 8.04. The Kier molecular flexibility index (Phi) is 5.60. The van der Waals surface area contributed by atoms with Gasteiger partial charge < -0.3 is 5.32 Å². The van der Waals surface area contributed by atoms with Crippen molar-refractivity contribution < 1.29 is 17.6 Å². The fourth-order valence-corrected chi connectivity index (χ4v) is 5.94. The average Bonchev–Trinajstić information content (AvgIpc) is 3.36. The Balaban J connectivity index is 1.62. The fraction of sp³-hybridized carbons (Fsp3) is 0.250. The standard InChI is InChI=1S/C24H22FN5O3S/c1-15-22-20(24(31)27-13-18-4-2-3-10-26-18)12-21(16-5-7-17(25)8-6-16)28-23(22)30(29-15)19-9-11-34(32,33)14-19/h2-8,10,12,19H,9,11,13-14H2,1H3,(H,27,31). The van der Waals surface area contributed by atoms with Crippen LogP contribution >= 0.6 is 0 Å². The molecule has 1 unspecified atom stereocenters. The normalized spacial score (nSPS) is 17.2. The zero-order valence-corrected chi connectivity index (χ0v) is 19.2. The number of sulfone groups is 1. The molecule has 1 aliphatic rings. The third-order valence-corrected chi connectivity index (χ3v) is 7.68. The lowest BCUT2D eigenvalue weighted by Crippen LogP contribution is -2.24. The fourth-order valence-electron chi connectivity index (χ4n) is 4.25. The van der Waals surface area contributed by atoms with E-state index in [1.54, 1.807) is 42.1 Å². The number of pyridine rings is 2. The molecule has 4 heterocycles. The summed E-state index contributed by atoms with van der Waals surface area (Å²) in [6.45, 7) is 2.01. The van der Waals surface area contributed by atoms with Crippen molar-refractivity contribution in [3.05, 3.63) is 77.5 Å². The zero-order valence-electron chi connectivity index (χ0n) is 18.4. The summed E-state index contributed by atoms with van der Waals surface area (Å²) in [6, 6.07) is 12.6. The highest BCUT2D eigenvalue weighted by molar-refractivity contribution is 7.91. The molecule has 4 aromatic rings. The SMILES string of the molecule is Cc1nn(C2CCS(=O)(=O)C2)c2nc(-c3ccc(F)cc3)cc(C(=O)NCc3ccccn3)c12. The Labute approximate surface area is 195 Å². The van der Waals surface area contributed by atoms with E-state index in [-0.39, 0.29) is 35.8 Å². The second-order valence-electron chi connectivity index (χ2n) is 8.35. The third kappa shape index (κ3) is 4.28. The summed E-state index contributed by atoms with van der Waals surface area (Å²) in [5.74, 6) is -0.640. The number of aromatic nitrogens is 4. The van der Waals surface area contributed by atoms with E-state index in [9.17, 15) is 17.6 Å². The van der Waals surface area contributed by atoms with Crippen molar-refractivity contribution in [2.24, 2.45) is 0 Å². The van der Waals surface area contributed by atoms with Gasteiger partial charge in [0.2, 0.25) is 0 Å². The summed E-state index contributed by atoms with van der Waals surface area (Å²) in [7, 11) is -3.15. The number of hydrogen-bond donors (Lipinski definition) is 1. The first kappa shape index (κ1) is 22.1. The van der Waals surface area contributed by atoms with Crippen LogP contribution in [0.2, 0.25) is 0 Å². The average molecular weight is 480 g/mol. The molecule has 1 amide bonds. The van der Waals surface area contributed by atoms with E-state index in [2.05, 4.69) is 15.4 Å². The van der Waals surface area contributed by atoms with Gasteiger partial charge in [0.05, 0.1) is 52.1 Å². The van der Waals surface area contributed by atoms with Gasteiger partial charge >= 0.3 is 0 Å².